The molecule has 0 unspecified atom stereocenters. The number of nitrogens with zero attached hydrogens (tertiary/aromatic N) is 3. The zero-order valence-electron chi connectivity index (χ0n) is 13.7. The van der Waals surface area contributed by atoms with Crippen LogP contribution in [0.25, 0.3) is 6.08 Å². The van der Waals surface area contributed by atoms with Crippen molar-refractivity contribution in [2.75, 3.05) is 20.3 Å². The van der Waals surface area contributed by atoms with Crippen molar-refractivity contribution >= 4 is 12.0 Å². The van der Waals surface area contributed by atoms with Crippen LogP contribution in [0, 0.1) is 6.92 Å². The van der Waals surface area contributed by atoms with E-state index in [1.54, 1.807) is 37.7 Å². The van der Waals surface area contributed by atoms with Crippen molar-refractivity contribution in [2.24, 2.45) is 0 Å². The van der Waals surface area contributed by atoms with Gasteiger partial charge in [-0.15, -0.1) is 5.10 Å². The largest absolute Gasteiger partial charge is 0.474 e. The number of nitrogens with one attached hydrogen (secondary N) is 1. The van der Waals surface area contributed by atoms with Crippen LogP contribution in [0.5, 0.6) is 5.88 Å². The monoisotopic (exact) mass is 328 g/mol. The molecule has 0 aromatic carbocycles. The Kier molecular flexibility index (Phi) is 6.85. The molecule has 0 aliphatic rings. The Morgan fingerprint density at radius 1 is 1.25 bits per heavy atom. The van der Waals surface area contributed by atoms with Crippen molar-refractivity contribution in [1.82, 2.24) is 20.5 Å². The van der Waals surface area contributed by atoms with Gasteiger partial charge in [0, 0.05) is 31.6 Å². The molecule has 0 atom stereocenters. The van der Waals surface area contributed by atoms with Gasteiger partial charge in [0.15, 0.2) is 0 Å². The molecular formula is C17H20N4O3. The number of carbonyl (C=O) groups excluding carboxylic acids is 1. The maximum atomic E-state index is 11.8. The lowest BCUT2D eigenvalue weighted by Gasteiger charge is -2.05. The quantitative estimate of drug-likeness (QED) is 0.584. The van der Waals surface area contributed by atoms with Crippen molar-refractivity contribution in [1.29, 1.82) is 0 Å². The first-order valence-corrected chi connectivity index (χ1v) is 7.49. The molecule has 0 saturated heterocycles. The molecule has 2 heterocycles. The number of hydrogen-bond acceptors (Lipinski definition) is 6. The van der Waals surface area contributed by atoms with Crippen LogP contribution in [-0.4, -0.2) is 41.4 Å². The zero-order chi connectivity index (χ0) is 17.2. The van der Waals surface area contributed by atoms with Crippen LogP contribution < -0.4 is 10.1 Å². The Labute approximate surface area is 140 Å². The molecule has 126 valence electrons. The van der Waals surface area contributed by atoms with E-state index in [-0.39, 0.29) is 5.91 Å². The molecule has 0 aliphatic heterocycles. The van der Waals surface area contributed by atoms with Gasteiger partial charge in [0.05, 0.1) is 18.8 Å². The Hall–Kier alpha value is -2.80. The summed E-state index contributed by atoms with van der Waals surface area (Å²) in [6.07, 6.45) is 6.64. The molecule has 0 radical (unpaired) electrons. The number of aromatic nitrogens is 3. The van der Waals surface area contributed by atoms with Crippen LogP contribution in [0.1, 0.15) is 16.8 Å². The Balaban J connectivity index is 1.79. The summed E-state index contributed by atoms with van der Waals surface area (Å²) in [5.41, 5.74) is 2.57. The summed E-state index contributed by atoms with van der Waals surface area (Å²) in [6, 6.07) is 5.41. The molecule has 7 heteroatoms. The number of amides is 1. The molecule has 1 N–H and O–H groups in total. The third-order valence-corrected chi connectivity index (χ3v) is 3.00. The lowest BCUT2D eigenvalue weighted by atomic mass is 10.2. The number of hydrogen-bond donors (Lipinski definition) is 1. The van der Waals surface area contributed by atoms with E-state index in [1.165, 1.54) is 6.08 Å². The van der Waals surface area contributed by atoms with Gasteiger partial charge in [-0.1, -0.05) is 0 Å². The summed E-state index contributed by atoms with van der Waals surface area (Å²) in [5.74, 6) is 0.215. The van der Waals surface area contributed by atoms with Gasteiger partial charge in [-0.25, -0.2) is 0 Å². The van der Waals surface area contributed by atoms with Crippen LogP contribution in [-0.2, 0) is 16.1 Å². The molecule has 24 heavy (non-hydrogen) atoms. The summed E-state index contributed by atoms with van der Waals surface area (Å²) >= 11 is 0. The number of aryl methyl sites for hydroxylation is 1. The second kappa shape index (κ2) is 9.36. The fourth-order valence-electron chi connectivity index (χ4n) is 1.83. The normalized spacial score (nSPS) is 10.8. The van der Waals surface area contributed by atoms with E-state index in [2.05, 4.69) is 20.5 Å². The van der Waals surface area contributed by atoms with E-state index in [1.807, 2.05) is 13.0 Å². The minimum atomic E-state index is -0.210. The van der Waals surface area contributed by atoms with Crippen molar-refractivity contribution in [3.8, 4) is 5.88 Å². The van der Waals surface area contributed by atoms with Gasteiger partial charge < -0.3 is 14.8 Å². The number of rotatable bonds is 8. The molecule has 0 aliphatic carbocycles. The standard InChI is InChI=1S/C17H20N4O3/c1-13-9-14(11-18-10-13)3-5-16(22)19-12-15-4-6-17(21-20-15)24-8-7-23-2/h3-6,9-11H,7-8,12H2,1-2H3,(H,19,22). The number of pyridine rings is 1. The minimum Gasteiger partial charge on any atom is -0.474 e. The van der Waals surface area contributed by atoms with E-state index in [4.69, 9.17) is 9.47 Å². The lowest BCUT2D eigenvalue weighted by Crippen LogP contribution is -2.21. The van der Waals surface area contributed by atoms with E-state index in [0.717, 1.165) is 11.1 Å². The van der Waals surface area contributed by atoms with Gasteiger partial charge in [-0.2, -0.15) is 5.10 Å². The number of ether oxygens (including phenoxy) is 2. The van der Waals surface area contributed by atoms with Crippen LogP contribution in [0.4, 0.5) is 0 Å². The van der Waals surface area contributed by atoms with E-state index in [0.29, 0.717) is 31.3 Å². The van der Waals surface area contributed by atoms with Gasteiger partial charge in [0.1, 0.15) is 6.61 Å². The van der Waals surface area contributed by atoms with Crippen molar-refractivity contribution < 1.29 is 14.3 Å². The van der Waals surface area contributed by atoms with Crippen molar-refractivity contribution in [2.45, 2.75) is 13.5 Å². The highest BCUT2D eigenvalue weighted by atomic mass is 16.5. The molecule has 0 saturated carbocycles. The molecule has 7 nitrogen and oxygen atoms in total. The van der Waals surface area contributed by atoms with E-state index >= 15 is 0 Å². The first-order chi connectivity index (χ1) is 11.7. The van der Waals surface area contributed by atoms with Crippen LogP contribution in [0.15, 0.2) is 36.7 Å². The number of methoxy groups -OCH3 is 1. The summed E-state index contributed by atoms with van der Waals surface area (Å²) < 4.78 is 10.2. The van der Waals surface area contributed by atoms with E-state index < -0.39 is 0 Å². The smallest absolute Gasteiger partial charge is 0.244 e. The van der Waals surface area contributed by atoms with Gasteiger partial charge in [0.2, 0.25) is 11.8 Å². The van der Waals surface area contributed by atoms with Crippen LogP contribution >= 0.6 is 0 Å². The summed E-state index contributed by atoms with van der Waals surface area (Å²) in [4.78, 5) is 15.9. The molecular weight excluding hydrogens is 308 g/mol. The maximum Gasteiger partial charge on any atom is 0.244 e. The molecule has 0 spiro atoms. The van der Waals surface area contributed by atoms with Crippen molar-refractivity contribution in [3.63, 3.8) is 0 Å². The van der Waals surface area contributed by atoms with Gasteiger partial charge in [-0.3, -0.25) is 9.78 Å². The van der Waals surface area contributed by atoms with Crippen LogP contribution in [0.3, 0.4) is 0 Å². The third-order valence-electron chi connectivity index (χ3n) is 3.00. The zero-order valence-corrected chi connectivity index (χ0v) is 13.7. The minimum absolute atomic E-state index is 0.210. The second-order valence-corrected chi connectivity index (χ2v) is 5.05. The summed E-state index contributed by atoms with van der Waals surface area (Å²) in [6.45, 7) is 3.15. The van der Waals surface area contributed by atoms with E-state index in [9.17, 15) is 4.79 Å². The number of carbonyl (C=O) groups is 1. The highest BCUT2D eigenvalue weighted by Crippen LogP contribution is 2.05. The fraction of sp³-hybridized carbons (Fsp3) is 0.294. The predicted octanol–water partition coefficient (Wildman–Crippen LogP) is 1.53. The first kappa shape index (κ1) is 17.6. The SMILES string of the molecule is COCCOc1ccc(CNC(=O)C=Cc2cncc(C)c2)nn1. The molecule has 2 aromatic rings. The molecule has 0 bridgehead atoms. The molecule has 2 aromatic heterocycles. The van der Waals surface area contributed by atoms with Gasteiger partial charge in [0.25, 0.3) is 0 Å². The maximum absolute atomic E-state index is 11.8. The molecule has 2 rings (SSSR count). The van der Waals surface area contributed by atoms with Crippen LogP contribution in [0.2, 0.25) is 0 Å². The Morgan fingerprint density at radius 3 is 2.83 bits per heavy atom. The second-order valence-electron chi connectivity index (χ2n) is 5.05. The van der Waals surface area contributed by atoms with Gasteiger partial charge in [-0.05, 0) is 36.3 Å². The third kappa shape index (κ3) is 6.13. The van der Waals surface area contributed by atoms with Crippen molar-refractivity contribution in [3.05, 3.63) is 53.5 Å². The molecule has 0 fully saturated rings. The topological polar surface area (TPSA) is 86.2 Å². The summed E-state index contributed by atoms with van der Waals surface area (Å²) in [7, 11) is 1.60. The Morgan fingerprint density at radius 2 is 2.12 bits per heavy atom. The average Bonchev–Trinajstić information content (AvgIpc) is 2.59. The summed E-state index contributed by atoms with van der Waals surface area (Å²) in [5, 5.41) is 10.7. The van der Waals surface area contributed by atoms with Gasteiger partial charge >= 0.3 is 0 Å². The fourth-order valence-corrected chi connectivity index (χ4v) is 1.83. The highest BCUT2D eigenvalue weighted by molar-refractivity contribution is 5.91. The highest BCUT2D eigenvalue weighted by Gasteiger charge is 2.01. The Bertz CT molecular complexity index is 686. The molecule has 1 amide bonds. The first-order valence-electron chi connectivity index (χ1n) is 7.49. The lowest BCUT2D eigenvalue weighted by molar-refractivity contribution is -0.116. The predicted molar refractivity (Wildman–Crippen MR) is 89.3 cm³/mol. The average molecular weight is 328 g/mol.